The Kier molecular flexibility index (Phi) is 5.34. The molecule has 0 aliphatic carbocycles. The van der Waals surface area contributed by atoms with Gasteiger partial charge in [-0.25, -0.2) is 0 Å². The molecule has 0 spiro atoms. The highest BCUT2D eigenvalue weighted by Crippen LogP contribution is 2.25. The van der Waals surface area contributed by atoms with E-state index in [1.54, 1.807) is 47.4 Å². The summed E-state index contributed by atoms with van der Waals surface area (Å²) in [5.41, 5.74) is 1.56. The van der Waals surface area contributed by atoms with Crippen molar-refractivity contribution < 1.29 is 9.90 Å². The predicted molar refractivity (Wildman–Crippen MR) is 86.6 cm³/mol. The minimum Gasteiger partial charge on any atom is -0.480 e. The van der Waals surface area contributed by atoms with Crippen molar-refractivity contribution in [1.29, 1.82) is 0 Å². The molecule has 0 saturated heterocycles. The molecule has 0 aromatic heterocycles. The fourth-order valence-corrected chi connectivity index (χ4v) is 2.50. The summed E-state index contributed by atoms with van der Waals surface area (Å²) in [4.78, 5) is 12.8. The Hall–Kier alpha value is -1.42. The number of aliphatic carboxylic acids is 1. The highest BCUT2D eigenvalue weighted by molar-refractivity contribution is 6.35. The molecule has 2 aromatic carbocycles. The summed E-state index contributed by atoms with van der Waals surface area (Å²) < 4.78 is 0. The monoisotopic (exact) mass is 343 g/mol. The van der Waals surface area contributed by atoms with Crippen LogP contribution in [0.2, 0.25) is 15.1 Å². The van der Waals surface area contributed by atoms with Crippen LogP contribution in [0.5, 0.6) is 0 Å². The number of nitrogens with zero attached hydrogens (tertiary/aromatic N) is 1. The lowest BCUT2D eigenvalue weighted by Gasteiger charge is -2.23. The summed E-state index contributed by atoms with van der Waals surface area (Å²) in [6.45, 7) is 0.227. The second kappa shape index (κ2) is 7.03. The molecule has 0 bridgehead atoms. The number of halogens is 3. The van der Waals surface area contributed by atoms with E-state index in [0.717, 1.165) is 11.3 Å². The van der Waals surface area contributed by atoms with E-state index in [2.05, 4.69) is 0 Å². The third-order valence-corrected chi connectivity index (χ3v) is 3.73. The predicted octanol–water partition coefficient (Wildman–Crippen LogP) is 4.74. The van der Waals surface area contributed by atoms with Crippen LogP contribution in [-0.2, 0) is 11.3 Å². The van der Waals surface area contributed by atoms with Gasteiger partial charge >= 0.3 is 5.97 Å². The van der Waals surface area contributed by atoms with Gasteiger partial charge in [0.15, 0.2) is 0 Å². The van der Waals surface area contributed by atoms with Crippen LogP contribution in [0.1, 0.15) is 5.56 Å². The van der Waals surface area contributed by atoms with E-state index in [0.29, 0.717) is 21.6 Å². The first kappa shape index (κ1) is 16.0. The zero-order valence-corrected chi connectivity index (χ0v) is 13.2. The van der Waals surface area contributed by atoms with E-state index in [1.807, 2.05) is 0 Å². The zero-order valence-electron chi connectivity index (χ0n) is 10.9. The number of carboxylic acids is 1. The molecule has 1 N–H and O–H groups in total. The molecule has 21 heavy (non-hydrogen) atoms. The van der Waals surface area contributed by atoms with Gasteiger partial charge in [-0.1, -0.05) is 40.9 Å². The molecule has 0 heterocycles. The maximum Gasteiger partial charge on any atom is 0.323 e. The number of rotatable bonds is 5. The van der Waals surface area contributed by atoms with Gasteiger partial charge in [-0.3, -0.25) is 4.79 Å². The third-order valence-electron chi connectivity index (χ3n) is 2.89. The van der Waals surface area contributed by atoms with Crippen molar-refractivity contribution >= 4 is 46.5 Å². The summed E-state index contributed by atoms with van der Waals surface area (Å²) in [6.07, 6.45) is 0. The Balaban J connectivity index is 2.27. The normalized spacial score (nSPS) is 10.4. The Morgan fingerprint density at radius 1 is 1.00 bits per heavy atom. The quantitative estimate of drug-likeness (QED) is 0.852. The average molecular weight is 345 g/mol. The molecule has 6 heteroatoms. The molecule has 0 amide bonds. The van der Waals surface area contributed by atoms with Crippen molar-refractivity contribution in [3.8, 4) is 0 Å². The van der Waals surface area contributed by atoms with Gasteiger partial charge in [0.2, 0.25) is 0 Å². The standard InChI is InChI=1S/C15H12Cl3NO2/c16-11-3-5-13(6-4-11)19(9-15(20)21)8-10-1-2-12(17)7-14(10)18/h1-7H,8-9H2,(H,20,21). The van der Waals surface area contributed by atoms with Gasteiger partial charge in [-0.2, -0.15) is 0 Å². The number of anilines is 1. The molecule has 2 aromatic rings. The molecule has 0 fully saturated rings. The van der Waals surface area contributed by atoms with E-state index in [4.69, 9.17) is 39.9 Å². The summed E-state index contributed by atoms with van der Waals surface area (Å²) in [7, 11) is 0. The first-order valence-corrected chi connectivity index (χ1v) is 7.25. The van der Waals surface area contributed by atoms with Gasteiger partial charge in [0, 0.05) is 27.3 Å². The second-order valence-electron chi connectivity index (χ2n) is 4.46. The molecular weight excluding hydrogens is 333 g/mol. The molecule has 2 rings (SSSR count). The van der Waals surface area contributed by atoms with Crippen LogP contribution in [-0.4, -0.2) is 17.6 Å². The van der Waals surface area contributed by atoms with Gasteiger partial charge in [0.25, 0.3) is 0 Å². The Labute approximate surface area is 137 Å². The third kappa shape index (κ3) is 4.53. The van der Waals surface area contributed by atoms with Gasteiger partial charge in [-0.05, 0) is 42.0 Å². The van der Waals surface area contributed by atoms with E-state index in [-0.39, 0.29) is 6.54 Å². The number of hydrogen-bond acceptors (Lipinski definition) is 2. The van der Waals surface area contributed by atoms with Crippen LogP contribution in [0.25, 0.3) is 0 Å². The molecule has 0 radical (unpaired) electrons. The molecule has 0 saturated carbocycles. The van der Waals surface area contributed by atoms with Crippen LogP contribution in [0, 0.1) is 0 Å². The number of benzene rings is 2. The van der Waals surface area contributed by atoms with E-state index in [9.17, 15) is 4.79 Å². The van der Waals surface area contributed by atoms with E-state index >= 15 is 0 Å². The Morgan fingerprint density at radius 3 is 2.19 bits per heavy atom. The molecular formula is C15H12Cl3NO2. The fourth-order valence-electron chi connectivity index (χ4n) is 1.91. The zero-order chi connectivity index (χ0) is 15.4. The van der Waals surface area contributed by atoms with E-state index in [1.165, 1.54) is 0 Å². The van der Waals surface area contributed by atoms with Crippen LogP contribution in [0.3, 0.4) is 0 Å². The lowest BCUT2D eigenvalue weighted by Crippen LogP contribution is -2.29. The number of carboxylic acid groups (broad SMARTS) is 1. The highest BCUT2D eigenvalue weighted by atomic mass is 35.5. The second-order valence-corrected chi connectivity index (χ2v) is 5.74. The topological polar surface area (TPSA) is 40.5 Å². The smallest absolute Gasteiger partial charge is 0.323 e. The van der Waals surface area contributed by atoms with Crippen molar-refractivity contribution in [2.45, 2.75) is 6.54 Å². The van der Waals surface area contributed by atoms with Crippen LogP contribution in [0.4, 0.5) is 5.69 Å². The maximum absolute atomic E-state index is 11.1. The van der Waals surface area contributed by atoms with Crippen molar-refractivity contribution in [2.24, 2.45) is 0 Å². The molecule has 3 nitrogen and oxygen atoms in total. The average Bonchev–Trinajstić information content (AvgIpc) is 2.41. The molecule has 0 unspecified atom stereocenters. The van der Waals surface area contributed by atoms with Crippen molar-refractivity contribution in [3.63, 3.8) is 0 Å². The number of hydrogen-bond donors (Lipinski definition) is 1. The summed E-state index contributed by atoms with van der Waals surface area (Å²) in [5, 5.41) is 10.7. The highest BCUT2D eigenvalue weighted by Gasteiger charge is 2.13. The fraction of sp³-hybridized carbons (Fsp3) is 0.133. The lowest BCUT2D eigenvalue weighted by atomic mass is 10.2. The van der Waals surface area contributed by atoms with Gasteiger partial charge in [0.1, 0.15) is 6.54 Å². The molecule has 0 atom stereocenters. The summed E-state index contributed by atoms with van der Waals surface area (Å²) in [6, 6.07) is 12.1. The van der Waals surface area contributed by atoms with E-state index < -0.39 is 5.97 Å². The number of carbonyl (C=O) groups is 1. The van der Waals surface area contributed by atoms with Gasteiger partial charge in [0.05, 0.1) is 0 Å². The molecule has 0 aliphatic heterocycles. The lowest BCUT2D eigenvalue weighted by molar-refractivity contribution is -0.135. The van der Waals surface area contributed by atoms with Gasteiger partial charge in [-0.15, -0.1) is 0 Å². The maximum atomic E-state index is 11.1. The Morgan fingerprint density at radius 2 is 1.62 bits per heavy atom. The summed E-state index contributed by atoms with van der Waals surface area (Å²) in [5.74, 6) is -0.921. The first-order chi connectivity index (χ1) is 9.95. The van der Waals surface area contributed by atoms with Crippen molar-refractivity contribution in [3.05, 3.63) is 63.1 Å². The minimum absolute atomic E-state index is 0.138. The largest absolute Gasteiger partial charge is 0.480 e. The SMILES string of the molecule is O=C(O)CN(Cc1ccc(Cl)cc1Cl)c1ccc(Cl)cc1. The van der Waals surface area contributed by atoms with Crippen LogP contribution < -0.4 is 4.90 Å². The van der Waals surface area contributed by atoms with Crippen molar-refractivity contribution in [1.82, 2.24) is 0 Å². The van der Waals surface area contributed by atoms with Crippen LogP contribution >= 0.6 is 34.8 Å². The van der Waals surface area contributed by atoms with Crippen LogP contribution in [0.15, 0.2) is 42.5 Å². The Bertz CT molecular complexity index is 644. The van der Waals surface area contributed by atoms with Crippen molar-refractivity contribution in [2.75, 3.05) is 11.4 Å². The molecule has 110 valence electrons. The van der Waals surface area contributed by atoms with Gasteiger partial charge < -0.3 is 10.0 Å². The first-order valence-electron chi connectivity index (χ1n) is 6.12. The summed E-state index contributed by atoms with van der Waals surface area (Å²) >= 11 is 17.9. The minimum atomic E-state index is -0.921. The molecule has 0 aliphatic rings.